The van der Waals surface area contributed by atoms with Crippen molar-refractivity contribution < 1.29 is 14.2 Å². The zero-order valence-electron chi connectivity index (χ0n) is 12.0. The van der Waals surface area contributed by atoms with Gasteiger partial charge in [0, 0.05) is 12.4 Å². The molecule has 0 unspecified atom stereocenters. The van der Waals surface area contributed by atoms with Crippen LogP contribution < -0.4 is 14.2 Å². The molecule has 108 valence electrons. The first-order valence-corrected chi connectivity index (χ1v) is 6.71. The van der Waals surface area contributed by atoms with E-state index in [0.29, 0.717) is 36.3 Å². The molecule has 0 saturated heterocycles. The van der Waals surface area contributed by atoms with Gasteiger partial charge < -0.3 is 14.2 Å². The van der Waals surface area contributed by atoms with Crippen molar-refractivity contribution in [3.05, 3.63) is 42.0 Å². The van der Waals surface area contributed by atoms with E-state index in [9.17, 15) is 0 Å². The average molecular weight is 284 g/mol. The maximum Gasteiger partial charge on any atom is 0.203 e. The lowest BCUT2D eigenvalue weighted by molar-refractivity contribution is 0.165. The van der Waals surface area contributed by atoms with Gasteiger partial charge in [-0.1, -0.05) is 0 Å². The Morgan fingerprint density at radius 1 is 1.19 bits per heavy atom. The van der Waals surface area contributed by atoms with Gasteiger partial charge in [0.15, 0.2) is 17.3 Å². The highest BCUT2D eigenvalue weighted by Gasteiger charge is 2.18. The first-order valence-electron chi connectivity index (χ1n) is 6.71. The molecule has 0 bridgehead atoms. The Labute approximate surface area is 123 Å². The van der Waals surface area contributed by atoms with Crippen molar-refractivity contribution in [2.75, 3.05) is 20.3 Å². The van der Waals surface area contributed by atoms with Crippen LogP contribution >= 0.6 is 0 Å². The fraction of sp³-hybridized carbons (Fsp3) is 0.250. The van der Waals surface area contributed by atoms with Gasteiger partial charge in [-0.3, -0.25) is 0 Å². The second-order valence-electron chi connectivity index (χ2n) is 4.65. The van der Waals surface area contributed by atoms with E-state index in [1.54, 1.807) is 25.6 Å². The van der Waals surface area contributed by atoms with Crippen molar-refractivity contribution in [2.24, 2.45) is 0 Å². The number of fused-ring (bicyclic) bond motifs is 1. The van der Waals surface area contributed by atoms with Crippen molar-refractivity contribution >= 4 is 11.6 Å². The molecule has 0 radical (unpaired) electrons. The van der Waals surface area contributed by atoms with Gasteiger partial charge in [0.25, 0.3) is 0 Å². The number of methoxy groups -OCH3 is 1. The summed E-state index contributed by atoms with van der Waals surface area (Å²) in [7, 11) is 1.62. The summed E-state index contributed by atoms with van der Waals surface area (Å²) < 4.78 is 16.6. The number of hydrogen-bond donors (Lipinski definition) is 0. The van der Waals surface area contributed by atoms with Gasteiger partial charge in [-0.05, 0) is 42.3 Å². The molecule has 1 aromatic heterocycles. The van der Waals surface area contributed by atoms with Crippen molar-refractivity contribution in [1.82, 2.24) is 9.97 Å². The molecular formula is C16H16N2O3. The Morgan fingerprint density at radius 3 is 2.71 bits per heavy atom. The Morgan fingerprint density at radius 2 is 1.95 bits per heavy atom. The maximum atomic E-state index is 5.63. The number of rotatable bonds is 3. The molecule has 1 aliphatic rings. The summed E-state index contributed by atoms with van der Waals surface area (Å²) in [5.41, 5.74) is 1.93. The van der Waals surface area contributed by atoms with Crippen LogP contribution in [0.2, 0.25) is 0 Å². The highest BCUT2D eigenvalue weighted by Crippen LogP contribution is 2.41. The maximum absolute atomic E-state index is 5.63. The van der Waals surface area contributed by atoms with Crippen molar-refractivity contribution in [3.8, 4) is 17.2 Å². The summed E-state index contributed by atoms with van der Waals surface area (Å²) in [6, 6.07) is 5.65. The lowest BCUT2D eigenvalue weighted by atomic mass is 10.1. The van der Waals surface area contributed by atoms with E-state index < -0.39 is 0 Å². The molecule has 2 aromatic rings. The predicted octanol–water partition coefficient (Wildman–Crippen LogP) is 2.82. The Balaban J connectivity index is 1.99. The van der Waals surface area contributed by atoms with Crippen LogP contribution in [0.1, 0.15) is 18.3 Å². The monoisotopic (exact) mass is 284 g/mol. The molecule has 0 aliphatic carbocycles. The van der Waals surface area contributed by atoms with Crippen LogP contribution in [0.25, 0.3) is 11.6 Å². The predicted molar refractivity (Wildman–Crippen MR) is 79.6 cm³/mol. The van der Waals surface area contributed by atoms with Crippen LogP contribution in [0.3, 0.4) is 0 Å². The van der Waals surface area contributed by atoms with E-state index in [4.69, 9.17) is 14.2 Å². The van der Waals surface area contributed by atoms with Crippen LogP contribution in [0.15, 0.2) is 30.6 Å². The molecule has 1 aliphatic heterocycles. The van der Waals surface area contributed by atoms with Crippen LogP contribution in [0.5, 0.6) is 17.2 Å². The quantitative estimate of drug-likeness (QED) is 0.867. The van der Waals surface area contributed by atoms with Crippen molar-refractivity contribution in [3.63, 3.8) is 0 Å². The minimum absolute atomic E-state index is 0.537. The third-order valence-electron chi connectivity index (χ3n) is 3.15. The standard InChI is InChI=1S/C16H16N2O3/c1-11(16-17-4-3-5-18-16)8-12-9-13(19-2)15-14(10-12)20-6-7-21-15/h3-5,8-10H,6-7H2,1-2H3/b11-8+. The van der Waals surface area contributed by atoms with Gasteiger partial charge in [0.1, 0.15) is 13.2 Å². The summed E-state index contributed by atoms with van der Waals surface area (Å²) in [6.07, 6.45) is 5.45. The lowest BCUT2D eigenvalue weighted by Crippen LogP contribution is -2.16. The molecule has 5 heteroatoms. The second-order valence-corrected chi connectivity index (χ2v) is 4.65. The SMILES string of the molecule is COc1cc(/C=C(\C)c2ncccn2)cc2c1OCCO2. The van der Waals surface area contributed by atoms with E-state index in [2.05, 4.69) is 9.97 Å². The number of aromatic nitrogens is 2. The normalized spacial score (nSPS) is 13.9. The molecule has 0 fully saturated rings. The van der Waals surface area contributed by atoms with E-state index in [0.717, 1.165) is 11.1 Å². The van der Waals surface area contributed by atoms with E-state index >= 15 is 0 Å². The van der Waals surface area contributed by atoms with Gasteiger partial charge in [-0.2, -0.15) is 0 Å². The number of ether oxygens (including phenoxy) is 3. The molecule has 0 saturated carbocycles. The molecule has 21 heavy (non-hydrogen) atoms. The van der Waals surface area contributed by atoms with Crippen LogP contribution in [-0.4, -0.2) is 30.3 Å². The third kappa shape index (κ3) is 2.81. The van der Waals surface area contributed by atoms with E-state index in [1.807, 2.05) is 25.1 Å². The van der Waals surface area contributed by atoms with Gasteiger partial charge in [-0.25, -0.2) is 9.97 Å². The summed E-state index contributed by atoms with van der Waals surface area (Å²) in [5.74, 6) is 2.73. The highest BCUT2D eigenvalue weighted by atomic mass is 16.6. The zero-order chi connectivity index (χ0) is 14.7. The third-order valence-corrected chi connectivity index (χ3v) is 3.15. The van der Waals surface area contributed by atoms with Crippen molar-refractivity contribution in [2.45, 2.75) is 6.92 Å². The first-order chi connectivity index (χ1) is 10.3. The topological polar surface area (TPSA) is 53.5 Å². The minimum Gasteiger partial charge on any atom is -0.493 e. The van der Waals surface area contributed by atoms with E-state index in [-0.39, 0.29) is 0 Å². The fourth-order valence-electron chi connectivity index (χ4n) is 2.19. The summed E-state index contributed by atoms with van der Waals surface area (Å²) in [4.78, 5) is 8.48. The number of hydrogen-bond acceptors (Lipinski definition) is 5. The summed E-state index contributed by atoms with van der Waals surface area (Å²) in [6.45, 7) is 3.05. The Kier molecular flexibility index (Phi) is 3.73. The fourth-order valence-corrected chi connectivity index (χ4v) is 2.19. The number of benzene rings is 1. The Bertz CT molecular complexity index is 651. The largest absolute Gasteiger partial charge is 0.493 e. The van der Waals surface area contributed by atoms with Crippen molar-refractivity contribution in [1.29, 1.82) is 0 Å². The van der Waals surface area contributed by atoms with E-state index in [1.165, 1.54) is 0 Å². The molecule has 1 aromatic carbocycles. The second kappa shape index (κ2) is 5.83. The van der Waals surface area contributed by atoms with Gasteiger partial charge in [0.2, 0.25) is 5.75 Å². The number of nitrogens with zero attached hydrogens (tertiary/aromatic N) is 2. The minimum atomic E-state index is 0.537. The lowest BCUT2D eigenvalue weighted by Gasteiger charge is -2.21. The molecule has 0 amide bonds. The van der Waals surface area contributed by atoms with Crippen LogP contribution in [0.4, 0.5) is 0 Å². The van der Waals surface area contributed by atoms with Gasteiger partial charge in [0.05, 0.1) is 7.11 Å². The molecule has 0 spiro atoms. The molecule has 0 atom stereocenters. The van der Waals surface area contributed by atoms with Crippen LogP contribution in [-0.2, 0) is 0 Å². The molecule has 3 rings (SSSR count). The summed E-state index contributed by atoms with van der Waals surface area (Å²) >= 11 is 0. The molecular weight excluding hydrogens is 268 g/mol. The highest BCUT2D eigenvalue weighted by molar-refractivity contribution is 5.78. The van der Waals surface area contributed by atoms with Gasteiger partial charge >= 0.3 is 0 Å². The molecule has 5 nitrogen and oxygen atoms in total. The zero-order valence-corrected chi connectivity index (χ0v) is 12.0. The molecule has 2 heterocycles. The average Bonchev–Trinajstić information content (AvgIpc) is 2.55. The van der Waals surface area contributed by atoms with Crippen LogP contribution in [0, 0.1) is 0 Å². The molecule has 0 N–H and O–H groups in total. The summed E-state index contributed by atoms with van der Waals surface area (Å²) in [5, 5.41) is 0. The number of allylic oxidation sites excluding steroid dienone is 1. The van der Waals surface area contributed by atoms with Gasteiger partial charge in [-0.15, -0.1) is 0 Å². The smallest absolute Gasteiger partial charge is 0.203 e. The Hall–Kier alpha value is -2.56. The first kappa shape index (κ1) is 13.4.